The van der Waals surface area contributed by atoms with Gasteiger partial charge in [-0.3, -0.25) is 0 Å². The van der Waals surface area contributed by atoms with E-state index in [0.717, 1.165) is 25.7 Å². The van der Waals surface area contributed by atoms with E-state index < -0.39 is 58.6 Å². The Morgan fingerprint density at radius 3 is 1.26 bits per heavy atom. The van der Waals surface area contributed by atoms with E-state index in [1.54, 1.807) is 13.8 Å². The van der Waals surface area contributed by atoms with E-state index in [0.29, 0.717) is 12.8 Å². The third kappa shape index (κ3) is 14.1. The van der Waals surface area contributed by atoms with Crippen LogP contribution in [-0.2, 0) is 47.6 Å². The summed E-state index contributed by atoms with van der Waals surface area (Å²) in [6.07, 6.45) is 11.4. The molecule has 0 aromatic carbocycles. The Balaban J connectivity index is -0.00000800. The molecule has 0 saturated carbocycles. The van der Waals surface area contributed by atoms with Gasteiger partial charge in [0.25, 0.3) is 16.7 Å². The van der Waals surface area contributed by atoms with Gasteiger partial charge >= 0.3 is 69.2 Å². The van der Waals surface area contributed by atoms with Crippen LogP contribution in [0.25, 0.3) is 0 Å². The topological polar surface area (TPSA) is 170 Å². The van der Waals surface area contributed by atoms with Crippen molar-refractivity contribution in [3.8, 4) is 0 Å². The summed E-state index contributed by atoms with van der Waals surface area (Å²) in [4.78, 5) is 21.1. The van der Waals surface area contributed by atoms with E-state index in [4.69, 9.17) is 27.9 Å². The fourth-order valence-corrected chi connectivity index (χ4v) is 6.30. The molecule has 12 nitrogen and oxygen atoms in total. The first-order chi connectivity index (χ1) is 19.5. The van der Waals surface area contributed by atoms with Crippen LogP contribution >= 0.6 is 0 Å². The van der Waals surface area contributed by atoms with E-state index in [2.05, 4.69) is 6.92 Å². The van der Waals surface area contributed by atoms with Crippen molar-refractivity contribution in [1.82, 2.24) is 0 Å². The molecule has 0 N–H and O–H groups in total. The average Bonchev–Trinajstić information content (AvgIpc) is 2.89. The summed E-state index contributed by atoms with van der Waals surface area (Å²) < 4.78 is 59.7. The van der Waals surface area contributed by atoms with Gasteiger partial charge in [0.1, 0.15) is 5.97 Å². The van der Waals surface area contributed by atoms with E-state index in [1.807, 2.05) is 0 Å². The number of carbonyl (C=O) groups is 2. The van der Waals surface area contributed by atoms with Gasteiger partial charge in [0.2, 0.25) is 0 Å². The van der Waals surface area contributed by atoms with Crippen molar-refractivity contribution in [2.45, 2.75) is 135 Å². The largest absolute Gasteiger partial charge is 1.00 e. The van der Waals surface area contributed by atoms with Crippen LogP contribution in [0.4, 0.5) is 0 Å². The molecular formula is C28H52Na2O12S. The molecule has 0 aromatic heterocycles. The number of carboxylic acids is 2. The van der Waals surface area contributed by atoms with E-state index in [1.165, 1.54) is 52.9 Å². The monoisotopic (exact) mass is 658 g/mol. The summed E-state index contributed by atoms with van der Waals surface area (Å²) in [6, 6.07) is 0. The summed E-state index contributed by atoms with van der Waals surface area (Å²) in [6.45, 7) is 7.53. The third-order valence-electron chi connectivity index (χ3n) is 6.42. The van der Waals surface area contributed by atoms with Crippen molar-refractivity contribution in [1.29, 1.82) is 0 Å². The standard InChI is InChI=1S/C28H54O12S.2Na/c1-7-13-14-15-16-17-18-19-20-21-22-23-26(35-8-2,36-9-3)40-41(33,34)28(25(31)32,39-12-6)27(24(29)30,37-10-4)38-11-5;;/h7-23H2,1-6H3,(H,29,30)(H,31,32);;/q;2*+1/p-2. The Labute approximate surface area is 303 Å². The van der Waals surface area contributed by atoms with Crippen LogP contribution in [-0.4, -0.2) is 70.1 Å². The molecule has 0 fully saturated rings. The summed E-state index contributed by atoms with van der Waals surface area (Å²) >= 11 is 0. The summed E-state index contributed by atoms with van der Waals surface area (Å²) in [5.74, 6) is -10.5. The second-order valence-corrected chi connectivity index (χ2v) is 11.1. The molecule has 0 aliphatic carbocycles. The number of aliphatic carboxylic acids is 2. The molecule has 15 heteroatoms. The first kappa shape index (κ1) is 48.1. The van der Waals surface area contributed by atoms with E-state index in [-0.39, 0.29) is 78.7 Å². The van der Waals surface area contributed by atoms with Crippen LogP contribution < -0.4 is 69.3 Å². The van der Waals surface area contributed by atoms with E-state index in [9.17, 15) is 28.2 Å². The van der Waals surface area contributed by atoms with Gasteiger partial charge in [0.15, 0.2) is 0 Å². The molecule has 1 atom stereocenters. The second-order valence-electron chi connectivity index (χ2n) is 9.48. The smallest absolute Gasteiger partial charge is 0.545 e. The van der Waals surface area contributed by atoms with E-state index >= 15 is 0 Å². The molecule has 0 aliphatic rings. The van der Waals surface area contributed by atoms with Gasteiger partial charge in [-0.1, -0.05) is 71.1 Å². The molecule has 0 radical (unpaired) electrons. The molecule has 0 spiro atoms. The van der Waals surface area contributed by atoms with Gasteiger partial charge in [-0.2, -0.15) is 8.42 Å². The maximum atomic E-state index is 13.9. The Bertz CT molecular complexity index is 832. The quantitative estimate of drug-likeness (QED) is 0.0357. The number of rotatable bonds is 28. The molecular weight excluding hydrogens is 606 g/mol. The summed E-state index contributed by atoms with van der Waals surface area (Å²) in [5.41, 5.74) is 0. The number of hydrogen-bond donors (Lipinski definition) is 0. The Morgan fingerprint density at radius 2 is 0.930 bits per heavy atom. The average molecular weight is 659 g/mol. The van der Waals surface area contributed by atoms with Crippen LogP contribution in [0.1, 0.15) is 119 Å². The van der Waals surface area contributed by atoms with Gasteiger partial charge in [0.05, 0.1) is 5.97 Å². The molecule has 0 bridgehead atoms. The van der Waals surface area contributed by atoms with Gasteiger partial charge < -0.3 is 43.5 Å². The van der Waals surface area contributed by atoms with Crippen molar-refractivity contribution in [3.05, 3.63) is 0 Å². The first-order valence-corrected chi connectivity index (χ1v) is 16.4. The van der Waals surface area contributed by atoms with Gasteiger partial charge in [-0.25, -0.2) is 4.18 Å². The van der Waals surface area contributed by atoms with Crippen molar-refractivity contribution in [3.63, 3.8) is 0 Å². The van der Waals surface area contributed by atoms with Crippen LogP contribution in [0, 0.1) is 0 Å². The third-order valence-corrected chi connectivity index (χ3v) is 8.15. The molecule has 0 heterocycles. The molecule has 43 heavy (non-hydrogen) atoms. The predicted octanol–water partition coefficient (Wildman–Crippen LogP) is -3.23. The zero-order chi connectivity index (χ0) is 31.4. The predicted molar refractivity (Wildman–Crippen MR) is 147 cm³/mol. The fraction of sp³-hybridized carbons (Fsp3) is 0.929. The number of carbonyl (C=O) groups excluding carboxylic acids is 2. The van der Waals surface area contributed by atoms with Crippen molar-refractivity contribution in [2.75, 3.05) is 33.0 Å². The molecule has 0 rings (SSSR count). The minimum Gasteiger partial charge on any atom is -0.545 e. The SMILES string of the molecule is CCCCCCCCCCCCCC(OCC)(OCC)OS(=O)(=O)C(OCC)(C(=O)[O-])C(OCC)(OCC)C(=O)[O-].[Na+].[Na+]. The van der Waals surface area contributed by atoms with Crippen molar-refractivity contribution < 1.29 is 115 Å². The first-order valence-electron chi connectivity index (χ1n) is 15.0. The zero-order valence-corrected chi connectivity index (χ0v) is 32.6. The van der Waals surface area contributed by atoms with Gasteiger partial charge in [-0.15, -0.1) is 0 Å². The maximum Gasteiger partial charge on any atom is 1.00 e. The molecule has 0 amide bonds. The maximum absolute atomic E-state index is 13.9. The zero-order valence-electron chi connectivity index (χ0n) is 27.8. The Kier molecular flexibility index (Phi) is 28.7. The van der Waals surface area contributed by atoms with Crippen LogP contribution in [0.15, 0.2) is 0 Å². The number of unbranched alkanes of at least 4 members (excludes halogenated alkanes) is 10. The molecule has 0 aliphatic heterocycles. The number of carboxylic acid groups (broad SMARTS) is 2. The fourth-order valence-electron chi connectivity index (χ4n) is 4.67. The minimum atomic E-state index is -5.66. The Morgan fingerprint density at radius 1 is 0.558 bits per heavy atom. The van der Waals surface area contributed by atoms with Crippen LogP contribution in [0.3, 0.4) is 0 Å². The minimum absolute atomic E-state index is 0. The van der Waals surface area contributed by atoms with Crippen molar-refractivity contribution in [2.24, 2.45) is 0 Å². The van der Waals surface area contributed by atoms with Gasteiger partial charge in [0, 0.05) is 39.5 Å². The summed E-state index contributed by atoms with van der Waals surface area (Å²) in [7, 11) is -5.66. The normalized spacial score (nSPS) is 13.5. The van der Waals surface area contributed by atoms with Crippen LogP contribution in [0.2, 0.25) is 0 Å². The Hall–Kier alpha value is 0.650. The molecule has 0 saturated heterocycles. The van der Waals surface area contributed by atoms with Gasteiger partial charge in [-0.05, 0) is 41.0 Å². The van der Waals surface area contributed by atoms with Crippen LogP contribution in [0.5, 0.6) is 0 Å². The summed E-state index contributed by atoms with van der Waals surface area (Å²) in [5, 5.41) is 25.0. The van der Waals surface area contributed by atoms with Crippen molar-refractivity contribution >= 4 is 22.1 Å². The second kappa shape index (κ2) is 25.7. The number of hydrogen-bond acceptors (Lipinski definition) is 12. The molecule has 244 valence electrons. The molecule has 1 unspecified atom stereocenters. The molecule has 0 aromatic rings. The number of ether oxygens (including phenoxy) is 5.